The SMILES string of the molecule is CCCCC(CC)COc1cc(CCl)c(-c2ccc(N(c3ccc(OC)cc3)c3ccc(OC)cc3)cc2)cc1CCl. The van der Waals surface area contributed by atoms with Crippen molar-refractivity contribution in [2.45, 2.75) is 51.3 Å². The van der Waals surface area contributed by atoms with E-state index in [1.807, 2.05) is 24.3 Å². The first-order valence-corrected chi connectivity index (χ1v) is 15.7. The van der Waals surface area contributed by atoms with Crippen LogP contribution in [0, 0.1) is 5.92 Å². The van der Waals surface area contributed by atoms with Crippen LogP contribution in [-0.4, -0.2) is 20.8 Å². The average molecular weight is 607 g/mol. The lowest BCUT2D eigenvalue weighted by Gasteiger charge is -2.26. The highest BCUT2D eigenvalue weighted by molar-refractivity contribution is 6.18. The minimum absolute atomic E-state index is 0.372. The van der Waals surface area contributed by atoms with E-state index in [2.05, 4.69) is 79.4 Å². The summed E-state index contributed by atoms with van der Waals surface area (Å²) in [4.78, 5) is 2.20. The van der Waals surface area contributed by atoms with Gasteiger partial charge >= 0.3 is 0 Å². The van der Waals surface area contributed by atoms with Crippen molar-refractivity contribution in [2.75, 3.05) is 25.7 Å². The summed E-state index contributed by atoms with van der Waals surface area (Å²) in [6, 6.07) is 28.8. The Bertz CT molecular complexity index is 1340. The van der Waals surface area contributed by atoms with Crippen molar-refractivity contribution in [2.24, 2.45) is 5.92 Å². The minimum Gasteiger partial charge on any atom is -0.497 e. The summed E-state index contributed by atoms with van der Waals surface area (Å²) in [5.41, 5.74) is 7.21. The summed E-state index contributed by atoms with van der Waals surface area (Å²) < 4.78 is 17.1. The molecule has 0 saturated carbocycles. The van der Waals surface area contributed by atoms with Gasteiger partial charge in [-0.25, -0.2) is 0 Å². The molecule has 0 fully saturated rings. The first kappa shape index (κ1) is 31.6. The smallest absolute Gasteiger partial charge is 0.124 e. The van der Waals surface area contributed by atoms with Crippen molar-refractivity contribution in [3.05, 3.63) is 96.1 Å². The number of benzene rings is 4. The van der Waals surface area contributed by atoms with Crippen molar-refractivity contribution >= 4 is 40.3 Å². The Balaban J connectivity index is 1.66. The number of nitrogens with zero attached hydrogens (tertiary/aromatic N) is 1. The van der Waals surface area contributed by atoms with Crippen molar-refractivity contribution in [3.63, 3.8) is 0 Å². The topological polar surface area (TPSA) is 30.9 Å². The molecule has 0 aliphatic carbocycles. The van der Waals surface area contributed by atoms with Crippen LogP contribution in [0.15, 0.2) is 84.9 Å². The van der Waals surface area contributed by atoms with Crippen LogP contribution < -0.4 is 19.1 Å². The van der Waals surface area contributed by atoms with Gasteiger partial charge < -0.3 is 19.1 Å². The lowest BCUT2D eigenvalue weighted by atomic mass is 9.97. The van der Waals surface area contributed by atoms with Gasteiger partial charge in [0.1, 0.15) is 17.2 Å². The fourth-order valence-electron chi connectivity index (χ4n) is 5.09. The zero-order valence-corrected chi connectivity index (χ0v) is 26.5. The lowest BCUT2D eigenvalue weighted by Crippen LogP contribution is -2.12. The number of unbranched alkanes of at least 4 members (excludes halogenated alkanes) is 1. The third-order valence-corrected chi connectivity index (χ3v) is 8.27. The summed E-state index contributed by atoms with van der Waals surface area (Å²) >= 11 is 12.9. The number of halogens is 2. The monoisotopic (exact) mass is 605 g/mol. The quantitative estimate of drug-likeness (QED) is 0.126. The van der Waals surface area contributed by atoms with Crippen LogP contribution in [0.5, 0.6) is 17.2 Å². The summed E-state index contributed by atoms with van der Waals surface area (Å²) in [7, 11) is 3.35. The number of methoxy groups -OCH3 is 2. The molecular weight excluding hydrogens is 565 g/mol. The molecule has 0 heterocycles. The van der Waals surface area contributed by atoms with Crippen molar-refractivity contribution in [1.82, 2.24) is 0 Å². The number of alkyl halides is 2. The fourth-order valence-corrected chi connectivity index (χ4v) is 5.52. The molecule has 1 unspecified atom stereocenters. The number of hydrogen-bond donors (Lipinski definition) is 0. The van der Waals surface area contributed by atoms with E-state index in [1.54, 1.807) is 14.2 Å². The molecule has 4 rings (SSSR count). The van der Waals surface area contributed by atoms with Crippen molar-refractivity contribution in [3.8, 4) is 28.4 Å². The van der Waals surface area contributed by atoms with Crippen LogP contribution in [-0.2, 0) is 11.8 Å². The van der Waals surface area contributed by atoms with Gasteiger partial charge in [0.25, 0.3) is 0 Å². The van der Waals surface area contributed by atoms with Crippen molar-refractivity contribution < 1.29 is 14.2 Å². The Morgan fingerprint density at radius 2 is 1.21 bits per heavy atom. The standard InChI is InChI=1S/C36H41Cl2NO3/c1-5-7-8-26(6-2)25-42-36-22-28(23-37)35(21-29(36)24-38)27-9-11-30(12-10-27)39(31-13-17-33(40-3)18-14-31)32-15-19-34(41-4)20-16-32/h9-22,26H,5-8,23-25H2,1-4H3. The highest BCUT2D eigenvalue weighted by atomic mass is 35.5. The van der Waals surface area contributed by atoms with Gasteiger partial charge in [-0.1, -0.05) is 45.2 Å². The number of hydrogen-bond acceptors (Lipinski definition) is 4. The molecular formula is C36H41Cl2NO3. The Labute approximate surface area is 261 Å². The second-order valence-corrected chi connectivity index (χ2v) is 10.9. The minimum atomic E-state index is 0.372. The summed E-state index contributed by atoms with van der Waals surface area (Å²) in [6.45, 7) is 5.16. The van der Waals surface area contributed by atoms with Crippen molar-refractivity contribution in [1.29, 1.82) is 0 Å². The Kier molecular flexibility index (Phi) is 11.9. The number of rotatable bonds is 15. The van der Waals surface area contributed by atoms with Gasteiger partial charge in [-0.2, -0.15) is 0 Å². The van der Waals surface area contributed by atoms with Crippen LogP contribution in [0.2, 0.25) is 0 Å². The van der Waals surface area contributed by atoms with E-state index in [-0.39, 0.29) is 0 Å². The van der Waals surface area contributed by atoms with Gasteiger partial charge in [-0.15, -0.1) is 23.2 Å². The predicted octanol–water partition coefficient (Wildman–Crippen LogP) is 10.9. The lowest BCUT2D eigenvalue weighted by molar-refractivity contribution is 0.232. The second-order valence-electron chi connectivity index (χ2n) is 10.4. The average Bonchev–Trinajstić information content (AvgIpc) is 3.05. The van der Waals surface area contributed by atoms with Crippen LogP contribution in [0.25, 0.3) is 11.1 Å². The molecule has 4 nitrogen and oxygen atoms in total. The maximum Gasteiger partial charge on any atom is 0.124 e. The van der Waals surface area contributed by atoms with Gasteiger partial charge in [0.05, 0.1) is 26.7 Å². The molecule has 42 heavy (non-hydrogen) atoms. The molecule has 6 heteroatoms. The second kappa shape index (κ2) is 15.8. The molecule has 1 atom stereocenters. The van der Waals surface area contributed by atoms with Gasteiger partial charge in [0, 0.05) is 28.5 Å². The molecule has 0 spiro atoms. The Hall–Kier alpha value is -3.34. The molecule has 4 aromatic carbocycles. The first-order chi connectivity index (χ1) is 20.5. The van der Waals surface area contributed by atoms with Gasteiger partial charge in [-0.05, 0) is 102 Å². The van der Waals surface area contributed by atoms with E-state index in [0.29, 0.717) is 24.3 Å². The largest absolute Gasteiger partial charge is 0.497 e. The number of ether oxygens (including phenoxy) is 3. The van der Waals surface area contributed by atoms with Gasteiger partial charge in [0.2, 0.25) is 0 Å². The molecule has 0 saturated heterocycles. The molecule has 222 valence electrons. The normalized spacial score (nSPS) is 11.7. The third-order valence-electron chi connectivity index (χ3n) is 7.69. The Morgan fingerprint density at radius 1 is 0.690 bits per heavy atom. The van der Waals surface area contributed by atoms with Crippen LogP contribution in [0.1, 0.15) is 50.7 Å². The molecule has 4 aromatic rings. The molecule has 0 radical (unpaired) electrons. The van der Waals surface area contributed by atoms with E-state index >= 15 is 0 Å². The van der Waals surface area contributed by atoms with E-state index < -0.39 is 0 Å². The zero-order valence-electron chi connectivity index (χ0n) is 25.0. The van der Waals surface area contributed by atoms with E-state index in [4.69, 9.17) is 37.4 Å². The molecule has 0 aromatic heterocycles. The molecule has 0 aliphatic heterocycles. The van der Waals surface area contributed by atoms with E-state index in [0.717, 1.165) is 63.0 Å². The van der Waals surface area contributed by atoms with Gasteiger partial charge in [0.15, 0.2) is 0 Å². The third kappa shape index (κ3) is 7.73. The highest BCUT2D eigenvalue weighted by Gasteiger charge is 2.16. The van der Waals surface area contributed by atoms with E-state index in [1.165, 1.54) is 19.3 Å². The summed E-state index contributed by atoms with van der Waals surface area (Å²) in [5.74, 6) is 3.75. The molecule has 0 amide bonds. The molecule has 0 bridgehead atoms. The number of anilines is 3. The molecule has 0 aliphatic rings. The van der Waals surface area contributed by atoms with Crippen LogP contribution in [0.4, 0.5) is 17.1 Å². The molecule has 0 N–H and O–H groups in total. The summed E-state index contributed by atoms with van der Waals surface area (Å²) in [6.07, 6.45) is 4.71. The van der Waals surface area contributed by atoms with E-state index in [9.17, 15) is 0 Å². The fraction of sp³-hybridized carbons (Fsp3) is 0.333. The summed E-state index contributed by atoms with van der Waals surface area (Å²) in [5, 5.41) is 0. The highest BCUT2D eigenvalue weighted by Crippen LogP contribution is 2.39. The van der Waals surface area contributed by atoms with Crippen LogP contribution >= 0.6 is 23.2 Å². The maximum absolute atomic E-state index is 6.48. The van der Waals surface area contributed by atoms with Crippen LogP contribution in [0.3, 0.4) is 0 Å². The first-order valence-electron chi connectivity index (χ1n) is 14.6. The predicted molar refractivity (Wildman–Crippen MR) is 178 cm³/mol. The zero-order chi connectivity index (χ0) is 29.9. The van der Waals surface area contributed by atoms with Gasteiger partial charge in [-0.3, -0.25) is 0 Å². The Morgan fingerprint density at radius 3 is 1.67 bits per heavy atom. The maximum atomic E-state index is 6.48.